The summed E-state index contributed by atoms with van der Waals surface area (Å²) in [6.45, 7) is 6.05. The second kappa shape index (κ2) is 13.3. The molecule has 8 nitrogen and oxygen atoms in total. The van der Waals surface area contributed by atoms with Crippen molar-refractivity contribution in [2.75, 3.05) is 13.2 Å². The largest absolute Gasteiger partial charge is 0.494 e. The molecule has 1 amide bonds. The van der Waals surface area contributed by atoms with Gasteiger partial charge in [0.05, 0.1) is 18.7 Å². The average molecular weight is 606 g/mol. The van der Waals surface area contributed by atoms with Crippen molar-refractivity contribution in [3.05, 3.63) is 101 Å². The van der Waals surface area contributed by atoms with Gasteiger partial charge in [0.1, 0.15) is 23.1 Å². The maximum atomic E-state index is 13.1. The lowest BCUT2D eigenvalue weighted by Gasteiger charge is -2.20. The van der Waals surface area contributed by atoms with E-state index in [-0.39, 0.29) is 11.4 Å². The molecule has 1 N–H and O–H groups in total. The fraction of sp³-hybridized carbons (Fsp3) is 0.257. The predicted molar refractivity (Wildman–Crippen MR) is 179 cm³/mol. The number of amides is 1. The number of thioether (sulfide) groups is 1. The number of amidine groups is 2. The van der Waals surface area contributed by atoms with E-state index in [4.69, 9.17) is 14.9 Å². The summed E-state index contributed by atoms with van der Waals surface area (Å²) in [5.41, 5.74) is 4.14. The van der Waals surface area contributed by atoms with Crippen LogP contribution >= 0.6 is 11.8 Å². The van der Waals surface area contributed by atoms with Crippen LogP contribution in [0.5, 0.6) is 11.5 Å². The third-order valence-electron chi connectivity index (χ3n) is 7.56. The highest BCUT2D eigenvalue weighted by molar-refractivity contribution is 8.27. The van der Waals surface area contributed by atoms with Crippen LogP contribution < -0.4 is 9.47 Å². The minimum atomic E-state index is -0.442. The van der Waals surface area contributed by atoms with E-state index in [1.54, 1.807) is 6.08 Å². The molecule has 3 heterocycles. The summed E-state index contributed by atoms with van der Waals surface area (Å²) in [4.78, 5) is 17.4. The Morgan fingerprint density at radius 2 is 1.64 bits per heavy atom. The molecule has 2 aliphatic rings. The molecule has 9 heteroatoms. The maximum Gasteiger partial charge on any atom is 0.283 e. The first-order valence-corrected chi connectivity index (χ1v) is 15.8. The molecule has 0 unspecified atom stereocenters. The summed E-state index contributed by atoms with van der Waals surface area (Å²) in [5, 5.41) is 17.0. The van der Waals surface area contributed by atoms with Crippen LogP contribution in [-0.4, -0.2) is 44.7 Å². The number of aryl methyl sites for hydroxylation is 1. The molecular formula is C35H35N5O3S. The van der Waals surface area contributed by atoms with E-state index in [9.17, 15) is 4.79 Å². The van der Waals surface area contributed by atoms with Gasteiger partial charge in [-0.05, 0) is 61.5 Å². The number of rotatable bonds is 12. The van der Waals surface area contributed by atoms with E-state index < -0.39 is 5.91 Å². The fourth-order valence-electron chi connectivity index (χ4n) is 5.15. The fourth-order valence-corrected chi connectivity index (χ4v) is 6.04. The van der Waals surface area contributed by atoms with Gasteiger partial charge in [-0.2, -0.15) is 15.1 Å². The number of hydrogen-bond donors (Lipinski definition) is 1. The van der Waals surface area contributed by atoms with E-state index >= 15 is 0 Å². The lowest BCUT2D eigenvalue weighted by atomic mass is 10.1. The van der Waals surface area contributed by atoms with Crippen LogP contribution in [0.25, 0.3) is 17.0 Å². The Bertz CT molecular complexity index is 1770. The molecule has 1 aromatic heterocycles. The molecule has 0 radical (unpaired) electrons. The zero-order valence-electron chi connectivity index (χ0n) is 25.0. The van der Waals surface area contributed by atoms with Crippen LogP contribution in [0.2, 0.25) is 0 Å². The first-order valence-electron chi connectivity index (χ1n) is 15.0. The quantitative estimate of drug-likeness (QED) is 0.132. The van der Waals surface area contributed by atoms with Crippen molar-refractivity contribution in [1.29, 1.82) is 5.41 Å². The van der Waals surface area contributed by atoms with E-state index in [1.807, 2.05) is 85.9 Å². The first-order chi connectivity index (χ1) is 21.5. The van der Waals surface area contributed by atoms with Crippen molar-refractivity contribution in [2.24, 2.45) is 10.1 Å². The van der Waals surface area contributed by atoms with Crippen LogP contribution in [0.15, 0.2) is 94.7 Å². The Hall–Kier alpha value is -4.63. The number of aromatic nitrogens is 1. The normalized spacial score (nSPS) is 15.5. The molecule has 4 aromatic rings. The molecule has 44 heavy (non-hydrogen) atoms. The number of hydrazone groups is 1. The Morgan fingerprint density at radius 1 is 0.909 bits per heavy atom. The molecule has 0 aliphatic carbocycles. The van der Waals surface area contributed by atoms with E-state index in [2.05, 4.69) is 21.6 Å². The Kier molecular flexibility index (Phi) is 8.93. The smallest absolute Gasteiger partial charge is 0.283 e. The number of nitrogens with one attached hydrogen (secondary N) is 1. The van der Waals surface area contributed by atoms with Crippen LogP contribution in [0, 0.1) is 12.3 Å². The number of nitrogens with zero attached hydrogens (tertiary/aromatic N) is 4. The summed E-state index contributed by atoms with van der Waals surface area (Å²) in [5.74, 6) is 1.21. The second-order valence-corrected chi connectivity index (χ2v) is 11.8. The van der Waals surface area contributed by atoms with Gasteiger partial charge in [-0.1, -0.05) is 74.2 Å². The zero-order chi connectivity index (χ0) is 30.5. The number of benzene rings is 3. The predicted octanol–water partition coefficient (Wildman–Crippen LogP) is 7.66. The van der Waals surface area contributed by atoms with Crippen molar-refractivity contribution in [2.45, 2.75) is 46.1 Å². The summed E-state index contributed by atoms with van der Waals surface area (Å²) < 4.78 is 14.0. The Morgan fingerprint density at radius 3 is 2.39 bits per heavy atom. The standard InChI is InChI=1S/C35H35N5O3S/c1-3-4-5-8-20-42-27-15-17-28(18-16-27)43-21-19-39-23-26(29-9-6-7-10-31(29)39)22-30-32(36)40-35(37-33(30)41)44-34(38-40)25-13-11-24(2)12-14-25/h6-7,9-18,22-23,36H,3-5,8,19-21H2,1-2H3/b30-22-,36-32?. The number of carbonyl (C=O) groups excluding carboxylic acids is 1. The molecule has 0 saturated carbocycles. The highest BCUT2D eigenvalue weighted by Crippen LogP contribution is 2.32. The number of ether oxygens (including phenoxy) is 2. The monoisotopic (exact) mass is 605 g/mol. The lowest BCUT2D eigenvalue weighted by molar-refractivity contribution is -0.114. The van der Waals surface area contributed by atoms with Gasteiger partial charge < -0.3 is 14.0 Å². The maximum absolute atomic E-state index is 13.1. The van der Waals surface area contributed by atoms with Crippen LogP contribution in [0.4, 0.5) is 0 Å². The number of hydrogen-bond acceptors (Lipinski definition) is 6. The number of para-hydroxylation sites is 1. The van der Waals surface area contributed by atoms with Gasteiger partial charge in [-0.25, -0.2) is 0 Å². The van der Waals surface area contributed by atoms with Gasteiger partial charge in [0.15, 0.2) is 5.84 Å². The number of carbonyl (C=O) groups is 1. The van der Waals surface area contributed by atoms with Crippen molar-refractivity contribution in [3.8, 4) is 11.5 Å². The van der Waals surface area contributed by atoms with Gasteiger partial charge in [-0.15, -0.1) is 0 Å². The van der Waals surface area contributed by atoms with Crippen molar-refractivity contribution in [3.63, 3.8) is 0 Å². The Balaban J connectivity index is 1.14. The van der Waals surface area contributed by atoms with E-state index in [1.165, 1.54) is 36.0 Å². The van der Waals surface area contributed by atoms with Gasteiger partial charge in [0.2, 0.25) is 5.17 Å². The highest BCUT2D eigenvalue weighted by Gasteiger charge is 2.36. The minimum absolute atomic E-state index is 0.0168. The average Bonchev–Trinajstić information content (AvgIpc) is 3.62. The zero-order valence-corrected chi connectivity index (χ0v) is 25.8. The van der Waals surface area contributed by atoms with Crippen LogP contribution in [0.1, 0.15) is 49.3 Å². The van der Waals surface area contributed by atoms with E-state index in [0.29, 0.717) is 23.4 Å². The van der Waals surface area contributed by atoms with Crippen molar-refractivity contribution < 1.29 is 14.3 Å². The summed E-state index contributed by atoms with van der Waals surface area (Å²) in [7, 11) is 0. The summed E-state index contributed by atoms with van der Waals surface area (Å²) in [6.07, 6.45) is 8.46. The molecule has 3 aromatic carbocycles. The summed E-state index contributed by atoms with van der Waals surface area (Å²) in [6, 6.07) is 23.8. The number of aliphatic imine (C=N–C) groups is 1. The first kappa shape index (κ1) is 29.4. The van der Waals surface area contributed by atoms with Crippen LogP contribution in [0.3, 0.4) is 0 Å². The van der Waals surface area contributed by atoms with Gasteiger partial charge >= 0.3 is 0 Å². The highest BCUT2D eigenvalue weighted by atomic mass is 32.2. The third kappa shape index (κ3) is 6.48. The van der Waals surface area contributed by atoms with Gasteiger partial charge in [0.25, 0.3) is 5.91 Å². The van der Waals surface area contributed by atoms with Crippen molar-refractivity contribution >= 4 is 50.7 Å². The van der Waals surface area contributed by atoms with Crippen LogP contribution in [-0.2, 0) is 11.3 Å². The third-order valence-corrected chi connectivity index (χ3v) is 8.52. The molecule has 0 saturated heterocycles. The van der Waals surface area contributed by atoms with Crippen molar-refractivity contribution in [1.82, 2.24) is 9.58 Å². The molecule has 0 spiro atoms. The lowest BCUT2D eigenvalue weighted by Crippen LogP contribution is -2.35. The Labute approximate surface area is 261 Å². The molecule has 2 aliphatic heterocycles. The molecule has 0 atom stereocenters. The molecule has 0 fully saturated rings. The molecule has 224 valence electrons. The topological polar surface area (TPSA) is 92.3 Å². The molecule has 6 rings (SSSR count). The number of unbranched alkanes of at least 4 members (excludes halogenated alkanes) is 3. The minimum Gasteiger partial charge on any atom is -0.494 e. The summed E-state index contributed by atoms with van der Waals surface area (Å²) >= 11 is 1.30. The number of fused-ring (bicyclic) bond motifs is 2. The van der Waals surface area contributed by atoms with Gasteiger partial charge in [0, 0.05) is 28.2 Å². The molecular weight excluding hydrogens is 570 g/mol. The molecule has 0 bridgehead atoms. The van der Waals surface area contributed by atoms with Gasteiger partial charge in [-0.3, -0.25) is 10.2 Å². The second-order valence-electron chi connectivity index (χ2n) is 10.8. The van der Waals surface area contributed by atoms with E-state index in [0.717, 1.165) is 52.1 Å². The SMILES string of the molecule is CCCCCCOc1ccc(OCCn2cc(/C=C3/C(=N)N4N=C(c5ccc(C)cc5)SC4=NC3=O)c3ccccc32)cc1.